The zero-order valence-corrected chi connectivity index (χ0v) is 14.1. The average Bonchev–Trinajstić information content (AvgIpc) is 3.03. The summed E-state index contributed by atoms with van der Waals surface area (Å²) < 4.78 is 10.7. The Labute approximate surface area is 142 Å². The second kappa shape index (κ2) is 6.79. The van der Waals surface area contributed by atoms with E-state index < -0.39 is 0 Å². The molecule has 1 unspecified atom stereocenters. The van der Waals surface area contributed by atoms with Gasteiger partial charge in [-0.05, 0) is 61.2 Å². The summed E-state index contributed by atoms with van der Waals surface area (Å²) >= 11 is 0. The minimum Gasteiger partial charge on any atom is -0.454 e. The predicted molar refractivity (Wildman–Crippen MR) is 94.1 cm³/mol. The molecule has 2 aromatic rings. The van der Waals surface area contributed by atoms with Gasteiger partial charge in [0.25, 0.3) is 0 Å². The lowest BCUT2D eigenvalue weighted by molar-refractivity contribution is -0.117. The molecule has 0 bridgehead atoms. The fourth-order valence-electron chi connectivity index (χ4n) is 2.57. The van der Waals surface area contributed by atoms with E-state index in [4.69, 9.17) is 9.47 Å². The van der Waals surface area contributed by atoms with E-state index in [0.717, 1.165) is 22.6 Å². The number of carbonyl (C=O) groups excluding carboxylic acids is 1. The quantitative estimate of drug-likeness (QED) is 0.868. The van der Waals surface area contributed by atoms with Gasteiger partial charge in [0.05, 0.1) is 6.04 Å². The molecule has 1 aliphatic heterocycles. The molecule has 0 saturated carbocycles. The monoisotopic (exact) mass is 323 g/mol. The highest BCUT2D eigenvalue weighted by Gasteiger charge is 2.16. The van der Waals surface area contributed by atoms with E-state index in [0.29, 0.717) is 0 Å². The van der Waals surface area contributed by atoms with Gasteiger partial charge in [0.2, 0.25) is 12.7 Å². The van der Waals surface area contributed by atoms with Crippen molar-refractivity contribution in [2.24, 2.45) is 0 Å². The van der Waals surface area contributed by atoms with Crippen molar-refractivity contribution in [3.63, 3.8) is 0 Å². The number of hydrogen-bond donors (Lipinski definition) is 1. The zero-order valence-electron chi connectivity index (χ0n) is 14.1. The van der Waals surface area contributed by atoms with E-state index in [1.807, 2.05) is 37.3 Å². The smallest absolute Gasteiger partial charge is 0.244 e. The number of aryl methyl sites for hydroxylation is 2. The summed E-state index contributed by atoms with van der Waals surface area (Å²) in [4.78, 5) is 12.1. The number of nitrogens with one attached hydrogen (secondary N) is 1. The first-order chi connectivity index (χ1) is 11.5. The molecule has 1 N–H and O–H groups in total. The maximum absolute atomic E-state index is 12.1. The summed E-state index contributed by atoms with van der Waals surface area (Å²) in [5, 5.41) is 2.96. The second-order valence-corrected chi connectivity index (χ2v) is 6.02. The van der Waals surface area contributed by atoms with Crippen LogP contribution in [-0.2, 0) is 4.79 Å². The highest BCUT2D eigenvalue weighted by molar-refractivity contribution is 5.92. The van der Waals surface area contributed by atoms with Gasteiger partial charge in [-0.3, -0.25) is 4.79 Å². The Hall–Kier alpha value is -2.75. The van der Waals surface area contributed by atoms with Crippen molar-refractivity contribution in [3.05, 3.63) is 64.7 Å². The van der Waals surface area contributed by atoms with Crippen LogP contribution >= 0.6 is 0 Å². The highest BCUT2D eigenvalue weighted by atomic mass is 16.7. The van der Waals surface area contributed by atoms with Gasteiger partial charge in [0.1, 0.15) is 0 Å². The fraction of sp³-hybridized carbons (Fsp3) is 0.250. The van der Waals surface area contributed by atoms with Crippen LogP contribution in [0, 0.1) is 13.8 Å². The number of carbonyl (C=O) groups is 1. The number of ether oxygens (including phenoxy) is 2. The standard InChI is InChI=1S/C20H21NO3/c1-13-4-5-16(10-14(13)2)6-9-20(22)21-15(3)17-7-8-18-19(11-17)24-12-23-18/h4-11,15H,12H2,1-3H3,(H,21,22)/b9-6+. The van der Waals surface area contributed by atoms with Crippen LogP contribution in [0.1, 0.15) is 35.2 Å². The van der Waals surface area contributed by atoms with E-state index in [1.165, 1.54) is 11.1 Å². The fourth-order valence-corrected chi connectivity index (χ4v) is 2.57. The van der Waals surface area contributed by atoms with Gasteiger partial charge in [-0.2, -0.15) is 0 Å². The van der Waals surface area contributed by atoms with Crippen LogP contribution in [0.15, 0.2) is 42.5 Å². The Bertz CT molecular complexity index is 795. The molecule has 0 spiro atoms. The first kappa shape index (κ1) is 16.1. The molecule has 0 aliphatic carbocycles. The van der Waals surface area contributed by atoms with Gasteiger partial charge in [0, 0.05) is 6.08 Å². The largest absolute Gasteiger partial charge is 0.454 e. The molecule has 0 radical (unpaired) electrons. The topological polar surface area (TPSA) is 47.6 Å². The molecule has 0 saturated heterocycles. The minimum atomic E-state index is -0.126. The Morgan fingerprint density at radius 1 is 1.08 bits per heavy atom. The Morgan fingerprint density at radius 2 is 1.88 bits per heavy atom. The molecule has 1 aliphatic rings. The second-order valence-electron chi connectivity index (χ2n) is 6.02. The first-order valence-corrected chi connectivity index (χ1v) is 7.98. The van der Waals surface area contributed by atoms with Gasteiger partial charge in [-0.25, -0.2) is 0 Å². The third kappa shape index (κ3) is 3.59. The van der Waals surface area contributed by atoms with Gasteiger partial charge in [-0.1, -0.05) is 24.3 Å². The predicted octanol–water partition coefficient (Wildman–Crippen LogP) is 3.92. The maximum atomic E-state index is 12.1. The first-order valence-electron chi connectivity index (χ1n) is 7.98. The van der Waals surface area contributed by atoms with Crippen LogP contribution in [-0.4, -0.2) is 12.7 Å². The van der Waals surface area contributed by atoms with Crippen LogP contribution in [0.25, 0.3) is 6.08 Å². The van der Waals surface area contributed by atoms with Crippen LogP contribution in [0.4, 0.5) is 0 Å². The van der Waals surface area contributed by atoms with Crippen molar-refractivity contribution in [2.45, 2.75) is 26.8 Å². The molecule has 4 nitrogen and oxygen atoms in total. The summed E-state index contributed by atoms with van der Waals surface area (Å²) in [7, 11) is 0. The average molecular weight is 323 g/mol. The number of hydrogen-bond acceptors (Lipinski definition) is 3. The van der Waals surface area contributed by atoms with Crippen molar-refractivity contribution < 1.29 is 14.3 Å². The van der Waals surface area contributed by atoms with Crippen molar-refractivity contribution in [1.82, 2.24) is 5.32 Å². The molecule has 0 aromatic heterocycles. The lowest BCUT2D eigenvalue weighted by atomic mass is 10.1. The van der Waals surface area contributed by atoms with Crippen molar-refractivity contribution >= 4 is 12.0 Å². The molecule has 124 valence electrons. The lowest BCUT2D eigenvalue weighted by Gasteiger charge is -2.13. The summed E-state index contributed by atoms with van der Waals surface area (Å²) in [6, 6.07) is 11.7. The van der Waals surface area contributed by atoms with Gasteiger partial charge < -0.3 is 14.8 Å². The molecule has 0 fully saturated rings. The third-order valence-electron chi connectivity index (χ3n) is 4.21. The summed E-state index contributed by atoms with van der Waals surface area (Å²) in [5.41, 5.74) is 4.45. The van der Waals surface area contributed by atoms with Crippen LogP contribution in [0.5, 0.6) is 11.5 Å². The van der Waals surface area contributed by atoms with Crippen LogP contribution < -0.4 is 14.8 Å². The third-order valence-corrected chi connectivity index (χ3v) is 4.21. The number of fused-ring (bicyclic) bond motifs is 1. The molecule has 1 atom stereocenters. The van der Waals surface area contributed by atoms with E-state index in [9.17, 15) is 4.79 Å². The number of rotatable bonds is 4. The molecule has 3 rings (SSSR count). The van der Waals surface area contributed by atoms with Gasteiger partial charge in [0.15, 0.2) is 11.5 Å². The Kier molecular flexibility index (Phi) is 4.56. The van der Waals surface area contributed by atoms with Crippen LogP contribution in [0.2, 0.25) is 0 Å². The molecule has 2 aromatic carbocycles. The Morgan fingerprint density at radius 3 is 2.67 bits per heavy atom. The zero-order chi connectivity index (χ0) is 17.1. The maximum Gasteiger partial charge on any atom is 0.244 e. The number of amides is 1. The summed E-state index contributed by atoms with van der Waals surface area (Å²) in [6.07, 6.45) is 3.39. The summed E-state index contributed by atoms with van der Waals surface area (Å²) in [5.74, 6) is 1.34. The van der Waals surface area contributed by atoms with E-state index in [1.54, 1.807) is 6.08 Å². The molecule has 1 amide bonds. The molecule has 1 heterocycles. The molecule has 4 heteroatoms. The van der Waals surface area contributed by atoms with E-state index >= 15 is 0 Å². The van der Waals surface area contributed by atoms with Gasteiger partial charge in [-0.15, -0.1) is 0 Å². The van der Waals surface area contributed by atoms with E-state index in [-0.39, 0.29) is 18.7 Å². The van der Waals surface area contributed by atoms with E-state index in [2.05, 4.69) is 31.3 Å². The van der Waals surface area contributed by atoms with Crippen molar-refractivity contribution in [3.8, 4) is 11.5 Å². The highest BCUT2D eigenvalue weighted by Crippen LogP contribution is 2.34. The van der Waals surface area contributed by atoms with Crippen LogP contribution in [0.3, 0.4) is 0 Å². The molecular weight excluding hydrogens is 302 g/mol. The van der Waals surface area contributed by atoms with Gasteiger partial charge >= 0.3 is 0 Å². The summed E-state index contributed by atoms with van der Waals surface area (Å²) in [6.45, 7) is 6.33. The van der Waals surface area contributed by atoms with Crippen molar-refractivity contribution in [2.75, 3.05) is 6.79 Å². The Balaban J connectivity index is 1.63. The molecular formula is C20H21NO3. The lowest BCUT2D eigenvalue weighted by Crippen LogP contribution is -2.24. The number of benzene rings is 2. The van der Waals surface area contributed by atoms with Crippen molar-refractivity contribution in [1.29, 1.82) is 0 Å². The normalized spacial score (nSPS) is 14.0. The minimum absolute atomic E-state index is 0.114. The SMILES string of the molecule is Cc1ccc(/C=C/C(=O)NC(C)c2ccc3c(c2)OCO3)cc1C. The molecule has 24 heavy (non-hydrogen) atoms.